The topological polar surface area (TPSA) is 66.5 Å². The number of hydrogen-bond acceptors (Lipinski definition) is 3. The number of nitrogens with zero attached hydrogens (tertiary/aromatic N) is 1. The van der Waals surface area contributed by atoms with E-state index in [-0.39, 0.29) is 10.8 Å². The lowest BCUT2D eigenvalue weighted by molar-refractivity contribution is 0.0989. The SMILES string of the molecule is Cc1cccc(NS(=O)(=O)c2cc(C(=O)N3CCc4ccccc43)ccc2C)c1. The van der Waals surface area contributed by atoms with Crippen molar-refractivity contribution < 1.29 is 13.2 Å². The van der Waals surface area contributed by atoms with Crippen LogP contribution >= 0.6 is 0 Å². The summed E-state index contributed by atoms with van der Waals surface area (Å²) >= 11 is 0. The highest BCUT2D eigenvalue weighted by Gasteiger charge is 2.27. The molecule has 0 saturated carbocycles. The van der Waals surface area contributed by atoms with Gasteiger partial charge in [-0.05, 0) is 67.3 Å². The Hall–Kier alpha value is -3.12. The first kappa shape index (κ1) is 19.2. The van der Waals surface area contributed by atoms with Gasteiger partial charge in [0.05, 0.1) is 4.90 Å². The van der Waals surface area contributed by atoms with Gasteiger partial charge in [0.15, 0.2) is 0 Å². The molecule has 0 spiro atoms. The lowest BCUT2D eigenvalue weighted by Crippen LogP contribution is -2.29. The maximum atomic E-state index is 13.1. The molecule has 1 aliphatic heterocycles. The molecule has 6 heteroatoms. The van der Waals surface area contributed by atoms with E-state index in [9.17, 15) is 13.2 Å². The van der Waals surface area contributed by atoms with Crippen molar-refractivity contribution >= 4 is 27.3 Å². The Morgan fingerprint density at radius 1 is 0.966 bits per heavy atom. The minimum atomic E-state index is -3.82. The smallest absolute Gasteiger partial charge is 0.262 e. The predicted molar refractivity (Wildman–Crippen MR) is 115 cm³/mol. The van der Waals surface area contributed by atoms with Gasteiger partial charge in [-0.2, -0.15) is 0 Å². The second-order valence-electron chi connectivity index (χ2n) is 7.29. The summed E-state index contributed by atoms with van der Waals surface area (Å²) in [6.45, 7) is 4.22. The minimum Gasteiger partial charge on any atom is -0.308 e. The molecule has 148 valence electrons. The van der Waals surface area contributed by atoms with Crippen LogP contribution in [0.15, 0.2) is 71.6 Å². The molecular weight excluding hydrogens is 384 g/mol. The number of sulfonamides is 1. The Bertz CT molecular complexity index is 1200. The highest BCUT2D eigenvalue weighted by atomic mass is 32.2. The van der Waals surface area contributed by atoms with E-state index >= 15 is 0 Å². The van der Waals surface area contributed by atoms with Crippen LogP contribution in [-0.4, -0.2) is 20.9 Å². The second-order valence-corrected chi connectivity index (χ2v) is 8.94. The number of amides is 1. The lowest BCUT2D eigenvalue weighted by Gasteiger charge is -2.18. The van der Waals surface area contributed by atoms with Gasteiger partial charge < -0.3 is 4.90 Å². The Morgan fingerprint density at radius 2 is 1.76 bits per heavy atom. The third-order valence-electron chi connectivity index (χ3n) is 5.13. The summed E-state index contributed by atoms with van der Waals surface area (Å²) in [6, 6.07) is 19.8. The predicted octanol–water partition coefficient (Wildman–Crippen LogP) is 4.31. The van der Waals surface area contributed by atoms with E-state index in [2.05, 4.69) is 4.72 Å². The number of hydrogen-bond donors (Lipinski definition) is 1. The zero-order chi connectivity index (χ0) is 20.6. The maximum Gasteiger partial charge on any atom is 0.262 e. The molecule has 3 aromatic carbocycles. The minimum absolute atomic E-state index is 0.109. The van der Waals surface area contributed by atoms with Gasteiger partial charge in [-0.3, -0.25) is 9.52 Å². The number of anilines is 2. The summed E-state index contributed by atoms with van der Waals surface area (Å²) in [5.41, 5.74) is 4.41. The second kappa shape index (κ2) is 7.37. The van der Waals surface area contributed by atoms with Gasteiger partial charge >= 0.3 is 0 Å². The van der Waals surface area contributed by atoms with E-state index in [0.29, 0.717) is 23.4 Å². The molecule has 0 fully saturated rings. The molecule has 5 nitrogen and oxygen atoms in total. The fourth-order valence-electron chi connectivity index (χ4n) is 3.65. The Balaban J connectivity index is 1.67. The summed E-state index contributed by atoms with van der Waals surface area (Å²) in [5, 5.41) is 0. The van der Waals surface area contributed by atoms with Gasteiger partial charge in [0.1, 0.15) is 0 Å². The van der Waals surface area contributed by atoms with Gasteiger partial charge in [0.25, 0.3) is 15.9 Å². The van der Waals surface area contributed by atoms with E-state index in [1.54, 1.807) is 42.2 Å². The van der Waals surface area contributed by atoms with Crippen LogP contribution in [0.3, 0.4) is 0 Å². The number of fused-ring (bicyclic) bond motifs is 1. The maximum absolute atomic E-state index is 13.1. The Labute approximate surface area is 171 Å². The lowest BCUT2D eigenvalue weighted by atomic mass is 10.1. The fourth-order valence-corrected chi connectivity index (χ4v) is 4.97. The van der Waals surface area contributed by atoms with E-state index in [1.807, 2.05) is 37.3 Å². The number of nitrogens with one attached hydrogen (secondary N) is 1. The number of carbonyl (C=O) groups excluding carboxylic acids is 1. The molecule has 0 unspecified atom stereocenters. The molecule has 0 aromatic heterocycles. The first-order chi connectivity index (χ1) is 13.8. The molecule has 3 aromatic rings. The number of benzene rings is 3. The Kier molecular flexibility index (Phi) is 4.88. The summed E-state index contributed by atoms with van der Waals surface area (Å²) in [6.07, 6.45) is 0.799. The van der Waals surface area contributed by atoms with E-state index in [1.165, 1.54) is 6.07 Å². The largest absolute Gasteiger partial charge is 0.308 e. The first-order valence-electron chi connectivity index (χ1n) is 9.45. The van der Waals surface area contributed by atoms with E-state index in [0.717, 1.165) is 23.2 Å². The first-order valence-corrected chi connectivity index (χ1v) is 10.9. The normalized spacial score (nSPS) is 13.2. The van der Waals surface area contributed by atoms with Gasteiger partial charge in [-0.1, -0.05) is 36.4 Å². The van der Waals surface area contributed by atoms with Crippen LogP contribution in [0, 0.1) is 13.8 Å². The molecule has 1 aliphatic rings. The van der Waals surface area contributed by atoms with E-state index in [4.69, 9.17) is 0 Å². The zero-order valence-corrected chi connectivity index (χ0v) is 17.2. The van der Waals surface area contributed by atoms with Gasteiger partial charge in [0.2, 0.25) is 0 Å². The molecule has 4 rings (SSSR count). The van der Waals surface area contributed by atoms with Crippen LogP contribution in [-0.2, 0) is 16.4 Å². The van der Waals surface area contributed by atoms with Crippen LogP contribution in [0.5, 0.6) is 0 Å². The molecule has 29 heavy (non-hydrogen) atoms. The van der Waals surface area contributed by atoms with Crippen molar-refractivity contribution in [2.45, 2.75) is 25.2 Å². The summed E-state index contributed by atoms with van der Waals surface area (Å²) in [5.74, 6) is -0.193. The Morgan fingerprint density at radius 3 is 2.55 bits per heavy atom. The van der Waals surface area contributed by atoms with Crippen molar-refractivity contribution in [1.82, 2.24) is 0 Å². The summed E-state index contributed by atoms with van der Waals surface area (Å²) in [7, 11) is -3.82. The van der Waals surface area contributed by atoms with Crippen LogP contribution in [0.1, 0.15) is 27.0 Å². The quantitative estimate of drug-likeness (QED) is 0.702. The number of aryl methyl sites for hydroxylation is 2. The molecule has 0 atom stereocenters. The number of para-hydroxylation sites is 1. The zero-order valence-electron chi connectivity index (χ0n) is 16.3. The van der Waals surface area contributed by atoms with Crippen molar-refractivity contribution in [3.05, 3.63) is 89.0 Å². The molecular formula is C23H22N2O3S. The third kappa shape index (κ3) is 3.76. The van der Waals surface area contributed by atoms with Crippen molar-refractivity contribution in [3.8, 4) is 0 Å². The van der Waals surface area contributed by atoms with Crippen LogP contribution < -0.4 is 9.62 Å². The van der Waals surface area contributed by atoms with Crippen molar-refractivity contribution in [3.63, 3.8) is 0 Å². The van der Waals surface area contributed by atoms with Crippen molar-refractivity contribution in [1.29, 1.82) is 0 Å². The number of rotatable bonds is 4. The van der Waals surface area contributed by atoms with Gasteiger partial charge in [-0.25, -0.2) is 8.42 Å². The van der Waals surface area contributed by atoms with Crippen molar-refractivity contribution in [2.24, 2.45) is 0 Å². The van der Waals surface area contributed by atoms with Crippen LogP contribution in [0.4, 0.5) is 11.4 Å². The molecule has 1 N–H and O–H groups in total. The molecule has 1 amide bonds. The molecule has 1 heterocycles. The summed E-state index contributed by atoms with van der Waals surface area (Å²) in [4.78, 5) is 14.9. The van der Waals surface area contributed by atoms with Crippen molar-refractivity contribution in [2.75, 3.05) is 16.2 Å². The molecule has 0 aliphatic carbocycles. The highest BCUT2D eigenvalue weighted by Crippen LogP contribution is 2.30. The monoisotopic (exact) mass is 406 g/mol. The third-order valence-corrected chi connectivity index (χ3v) is 6.65. The molecule has 0 radical (unpaired) electrons. The standard InChI is InChI=1S/C23H22N2O3S/c1-16-6-5-8-20(14-16)24-29(27,28)22-15-19(11-10-17(22)2)23(26)25-13-12-18-7-3-4-9-21(18)25/h3-11,14-15,24H,12-13H2,1-2H3. The fraction of sp³-hybridized carbons (Fsp3) is 0.174. The molecule has 0 saturated heterocycles. The van der Waals surface area contributed by atoms with Crippen LogP contribution in [0.2, 0.25) is 0 Å². The van der Waals surface area contributed by atoms with Gasteiger partial charge in [0, 0.05) is 23.5 Å². The van der Waals surface area contributed by atoms with Crippen LogP contribution in [0.25, 0.3) is 0 Å². The molecule has 0 bridgehead atoms. The average Bonchev–Trinajstić information content (AvgIpc) is 3.11. The van der Waals surface area contributed by atoms with E-state index < -0.39 is 10.0 Å². The summed E-state index contributed by atoms with van der Waals surface area (Å²) < 4.78 is 28.6. The van der Waals surface area contributed by atoms with Gasteiger partial charge in [-0.15, -0.1) is 0 Å². The average molecular weight is 407 g/mol. The highest BCUT2D eigenvalue weighted by molar-refractivity contribution is 7.92. The number of carbonyl (C=O) groups is 1.